The Balaban J connectivity index is 1.68. The summed E-state index contributed by atoms with van der Waals surface area (Å²) in [4.78, 5) is 13.3. The van der Waals surface area contributed by atoms with Crippen molar-refractivity contribution in [2.45, 2.75) is 13.0 Å². The van der Waals surface area contributed by atoms with Crippen LogP contribution in [0.5, 0.6) is 0 Å². The molecule has 1 atom stereocenters. The largest absolute Gasteiger partial charge is 0.467 e. The molecule has 0 bridgehead atoms. The molecule has 0 radical (unpaired) electrons. The maximum absolute atomic E-state index is 11.6. The normalized spacial score (nSPS) is 16.1. The van der Waals surface area contributed by atoms with Crippen LogP contribution in [0.3, 0.4) is 0 Å². The van der Waals surface area contributed by atoms with E-state index in [0.717, 1.165) is 17.1 Å². The highest BCUT2D eigenvalue weighted by molar-refractivity contribution is 5.94. The molecule has 5 heteroatoms. The Hall–Kier alpha value is -2.43. The summed E-state index contributed by atoms with van der Waals surface area (Å²) in [6.07, 6.45) is 1.67. The molecule has 1 fully saturated rings. The fourth-order valence-electron chi connectivity index (χ4n) is 2.31. The highest BCUT2D eigenvalue weighted by Gasteiger charge is 2.20. The summed E-state index contributed by atoms with van der Waals surface area (Å²) in [5, 5.41) is 6.15. The summed E-state index contributed by atoms with van der Waals surface area (Å²) in [6.45, 7) is 3.46. The van der Waals surface area contributed by atoms with E-state index in [1.54, 1.807) is 11.2 Å². The summed E-state index contributed by atoms with van der Waals surface area (Å²) in [5.41, 5.74) is 1.91. The van der Waals surface area contributed by atoms with Gasteiger partial charge in [0.25, 0.3) is 0 Å². The molecule has 1 saturated heterocycles. The first kappa shape index (κ1) is 12.6. The van der Waals surface area contributed by atoms with E-state index in [9.17, 15) is 4.79 Å². The van der Waals surface area contributed by atoms with Crippen molar-refractivity contribution < 1.29 is 9.21 Å². The van der Waals surface area contributed by atoms with Crippen LogP contribution in [0, 0.1) is 0 Å². The van der Waals surface area contributed by atoms with Crippen LogP contribution in [0.4, 0.5) is 16.2 Å². The van der Waals surface area contributed by atoms with Gasteiger partial charge in [0.15, 0.2) is 0 Å². The zero-order valence-electron chi connectivity index (χ0n) is 11.3. The van der Waals surface area contributed by atoms with Gasteiger partial charge >= 0.3 is 6.03 Å². The van der Waals surface area contributed by atoms with Gasteiger partial charge in [-0.15, -0.1) is 0 Å². The van der Waals surface area contributed by atoms with Gasteiger partial charge in [-0.2, -0.15) is 0 Å². The molecule has 2 N–H and O–H groups in total. The minimum absolute atomic E-state index is 0.0327. The SMILES string of the molecule is CC(Nc1ccc(N2CCNC2=O)cc1)c1ccco1. The van der Waals surface area contributed by atoms with Gasteiger partial charge in [0.1, 0.15) is 5.76 Å². The number of urea groups is 1. The predicted octanol–water partition coefficient (Wildman–Crippen LogP) is 2.98. The summed E-state index contributed by atoms with van der Waals surface area (Å²) >= 11 is 0. The van der Waals surface area contributed by atoms with E-state index in [4.69, 9.17) is 4.42 Å². The molecule has 1 unspecified atom stereocenters. The van der Waals surface area contributed by atoms with E-state index in [1.165, 1.54) is 0 Å². The molecule has 1 aliphatic heterocycles. The third kappa shape index (κ3) is 2.47. The average Bonchev–Trinajstić information content (AvgIpc) is 3.11. The van der Waals surface area contributed by atoms with Crippen LogP contribution in [0.2, 0.25) is 0 Å². The van der Waals surface area contributed by atoms with Gasteiger partial charge in [0.2, 0.25) is 0 Å². The molecule has 0 saturated carbocycles. The van der Waals surface area contributed by atoms with Crippen LogP contribution < -0.4 is 15.5 Å². The van der Waals surface area contributed by atoms with E-state index in [1.807, 2.05) is 43.3 Å². The standard InChI is InChI=1S/C15H17N3O2/c1-11(14-3-2-10-20-14)17-12-4-6-13(7-5-12)18-9-8-16-15(18)19/h2-7,10-11,17H,8-9H2,1H3,(H,16,19). The molecular formula is C15H17N3O2. The van der Waals surface area contributed by atoms with E-state index in [-0.39, 0.29) is 12.1 Å². The molecule has 0 aliphatic carbocycles. The van der Waals surface area contributed by atoms with Gasteiger partial charge in [-0.1, -0.05) is 0 Å². The smallest absolute Gasteiger partial charge is 0.321 e. The second-order valence-corrected chi connectivity index (χ2v) is 4.81. The monoisotopic (exact) mass is 271 g/mol. The highest BCUT2D eigenvalue weighted by atomic mass is 16.3. The highest BCUT2D eigenvalue weighted by Crippen LogP contribution is 2.23. The maximum atomic E-state index is 11.6. The Morgan fingerprint density at radius 2 is 2.10 bits per heavy atom. The summed E-state index contributed by atoms with van der Waals surface area (Å²) in [5.74, 6) is 0.896. The lowest BCUT2D eigenvalue weighted by Gasteiger charge is -2.16. The lowest BCUT2D eigenvalue weighted by atomic mass is 10.2. The molecule has 2 heterocycles. The molecule has 1 aliphatic rings. The first-order valence-electron chi connectivity index (χ1n) is 6.69. The third-order valence-electron chi connectivity index (χ3n) is 3.39. The topological polar surface area (TPSA) is 57.5 Å². The van der Waals surface area contributed by atoms with E-state index in [0.29, 0.717) is 13.1 Å². The minimum atomic E-state index is -0.0327. The molecule has 3 rings (SSSR count). The number of hydrogen-bond acceptors (Lipinski definition) is 3. The number of carbonyl (C=O) groups excluding carboxylic acids is 1. The first-order chi connectivity index (χ1) is 9.74. The zero-order chi connectivity index (χ0) is 13.9. The second kappa shape index (κ2) is 5.28. The number of carbonyl (C=O) groups is 1. The van der Waals surface area contributed by atoms with Crippen molar-refractivity contribution in [3.05, 3.63) is 48.4 Å². The van der Waals surface area contributed by atoms with Gasteiger partial charge in [-0.3, -0.25) is 4.90 Å². The van der Waals surface area contributed by atoms with Crippen LogP contribution in [0.1, 0.15) is 18.7 Å². The number of nitrogens with zero attached hydrogens (tertiary/aromatic N) is 1. The Morgan fingerprint density at radius 1 is 1.30 bits per heavy atom. The molecule has 0 spiro atoms. The number of anilines is 2. The third-order valence-corrected chi connectivity index (χ3v) is 3.39. The van der Waals surface area contributed by atoms with Crippen LogP contribution in [-0.2, 0) is 0 Å². The summed E-state index contributed by atoms with van der Waals surface area (Å²) in [7, 11) is 0. The lowest BCUT2D eigenvalue weighted by Crippen LogP contribution is -2.27. The second-order valence-electron chi connectivity index (χ2n) is 4.81. The van der Waals surface area contributed by atoms with Crippen LogP contribution in [0.25, 0.3) is 0 Å². The summed E-state index contributed by atoms with van der Waals surface area (Å²) in [6, 6.07) is 11.7. The fraction of sp³-hybridized carbons (Fsp3) is 0.267. The molecular weight excluding hydrogens is 254 g/mol. The molecule has 1 aromatic heterocycles. The number of furan rings is 1. The number of amides is 2. The fourth-order valence-corrected chi connectivity index (χ4v) is 2.31. The van der Waals surface area contributed by atoms with Crippen LogP contribution >= 0.6 is 0 Å². The van der Waals surface area contributed by atoms with Crippen molar-refractivity contribution in [2.24, 2.45) is 0 Å². The van der Waals surface area contributed by atoms with Crippen molar-refractivity contribution >= 4 is 17.4 Å². The van der Waals surface area contributed by atoms with Crippen molar-refractivity contribution in [3.8, 4) is 0 Å². The maximum Gasteiger partial charge on any atom is 0.321 e. The van der Waals surface area contributed by atoms with E-state index in [2.05, 4.69) is 10.6 Å². The van der Waals surface area contributed by atoms with E-state index >= 15 is 0 Å². The average molecular weight is 271 g/mol. The quantitative estimate of drug-likeness (QED) is 0.898. The molecule has 104 valence electrons. The summed E-state index contributed by atoms with van der Waals surface area (Å²) < 4.78 is 5.36. The minimum Gasteiger partial charge on any atom is -0.467 e. The van der Waals surface area contributed by atoms with Crippen molar-refractivity contribution in [2.75, 3.05) is 23.3 Å². The van der Waals surface area contributed by atoms with Gasteiger partial charge in [-0.05, 0) is 43.3 Å². The number of benzene rings is 1. The lowest BCUT2D eigenvalue weighted by molar-refractivity contribution is 0.252. The van der Waals surface area contributed by atoms with Crippen LogP contribution in [-0.4, -0.2) is 19.1 Å². The van der Waals surface area contributed by atoms with Crippen molar-refractivity contribution in [1.82, 2.24) is 5.32 Å². The molecule has 2 aromatic rings. The predicted molar refractivity (Wildman–Crippen MR) is 77.9 cm³/mol. The molecule has 1 aromatic carbocycles. The van der Waals surface area contributed by atoms with Crippen molar-refractivity contribution in [1.29, 1.82) is 0 Å². The van der Waals surface area contributed by atoms with E-state index < -0.39 is 0 Å². The Kier molecular flexibility index (Phi) is 3.33. The Morgan fingerprint density at radius 3 is 2.70 bits per heavy atom. The van der Waals surface area contributed by atoms with Crippen LogP contribution in [0.15, 0.2) is 47.1 Å². The molecule has 5 nitrogen and oxygen atoms in total. The zero-order valence-corrected chi connectivity index (χ0v) is 11.3. The van der Waals surface area contributed by atoms with Gasteiger partial charge in [0.05, 0.1) is 12.3 Å². The number of rotatable bonds is 4. The number of nitrogens with one attached hydrogen (secondary N) is 2. The first-order valence-corrected chi connectivity index (χ1v) is 6.69. The molecule has 20 heavy (non-hydrogen) atoms. The van der Waals surface area contributed by atoms with Gasteiger partial charge < -0.3 is 15.1 Å². The molecule has 2 amide bonds. The van der Waals surface area contributed by atoms with Crippen molar-refractivity contribution in [3.63, 3.8) is 0 Å². The van der Waals surface area contributed by atoms with Gasteiger partial charge in [-0.25, -0.2) is 4.79 Å². The Labute approximate surface area is 117 Å². The Bertz CT molecular complexity index is 578. The van der Waals surface area contributed by atoms with Gasteiger partial charge in [0, 0.05) is 24.5 Å². The number of hydrogen-bond donors (Lipinski definition) is 2.